The molecule has 1 atom stereocenters. The highest BCUT2D eigenvalue weighted by molar-refractivity contribution is 5.96. The van der Waals surface area contributed by atoms with Crippen LogP contribution in [-0.4, -0.2) is 71.0 Å². The molecule has 2 aromatic carbocycles. The molecule has 182 valence electrons. The number of fused-ring (bicyclic) bond motifs is 3. The number of rotatable bonds is 9. The molecule has 2 amide bonds. The summed E-state index contributed by atoms with van der Waals surface area (Å²) in [5.74, 6) is -1.61. The van der Waals surface area contributed by atoms with Gasteiger partial charge in [0.25, 0.3) is 0 Å². The molecule has 35 heavy (non-hydrogen) atoms. The normalized spacial score (nSPS) is 13.1. The number of carboxylic acids is 1. The third kappa shape index (κ3) is 5.67. The van der Waals surface area contributed by atoms with Gasteiger partial charge in [0.1, 0.15) is 19.2 Å². The van der Waals surface area contributed by atoms with E-state index in [1.807, 2.05) is 36.4 Å². The highest BCUT2D eigenvalue weighted by Crippen LogP contribution is 2.44. The maximum Gasteiger partial charge on any atom is 0.407 e. The largest absolute Gasteiger partial charge is 0.480 e. The average molecular weight is 478 g/mol. The van der Waals surface area contributed by atoms with Gasteiger partial charge in [0.05, 0.1) is 11.9 Å². The van der Waals surface area contributed by atoms with Crippen LogP contribution in [0, 0.1) is 0 Å². The summed E-state index contributed by atoms with van der Waals surface area (Å²) in [5.41, 5.74) is 4.79. The fourth-order valence-electron chi connectivity index (χ4n) is 4.22. The SMILES string of the molecule is CN(C)CC(NC(=O)OCC1c2ccccc2-c2ccccc21)C(=O)Nc1cnn(CC(=O)O)c1. The number of likely N-dealkylation sites (N-methyl/N-ethyl adjacent to an activating group) is 1. The molecule has 10 nitrogen and oxygen atoms in total. The number of alkyl carbamates (subject to hydrolysis) is 1. The fraction of sp³-hybridized carbons (Fsp3) is 0.280. The van der Waals surface area contributed by atoms with Gasteiger partial charge < -0.3 is 25.4 Å². The molecule has 0 bridgehead atoms. The van der Waals surface area contributed by atoms with Crippen molar-refractivity contribution in [2.75, 3.05) is 32.6 Å². The summed E-state index contributed by atoms with van der Waals surface area (Å²) in [6, 6.07) is 15.2. The molecule has 1 aromatic heterocycles. The highest BCUT2D eigenvalue weighted by atomic mass is 16.5. The third-order valence-corrected chi connectivity index (χ3v) is 5.70. The van der Waals surface area contributed by atoms with Gasteiger partial charge in [-0.3, -0.25) is 14.3 Å². The monoisotopic (exact) mass is 477 g/mol. The van der Waals surface area contributed by atoms with Crippen LogP contribution in [0.5, 0.6) is 0 Å². The van der Waals surface area contributed by atoms with E-state index in [1.54, 1.807) is 19.0 Å². The first kappa shape index (κ1) is 24.0. The Morgan fingerprint density at radius 1 is 1.09 bits per heavy atom. The molecule has 0 saturated heterocycles. The number of hydrogen-bond donors (Lipinski definition) is 3. The van der Waals surface area contributed by atoms with Crippen LogP contribution in [-0.2, 0) is 20.9 Å². The second-order valence-electron chi connectivity index (χ2n) is 8.59. The summed E-state index contributed by atoms with van der Waals surface area (Å²) in [4.78, 5) is 38.1. The first-order valence-corrected chi connectivity index (χ1v) is 11.1. The summed E-state index contributed by atoms with van der Waals surface area (Å²) >= 11 is 0. The maximum atomic E-state index is 12.8. The summed E-state index contributed by atoms with van der Waals surface area (Å²) < 4.78 is 6.76. The molecule has 4 rings (SSSR count). The number of benzene rings is 2. The van der Waals surface area contributed by atoms with Crippen molar-refractivity contribution in [3.8, 4) is 11.1 Å². The van der Waals surface area contributed by atoms with Crippen LogP contribution in [0.15, 0.2) is 60.9 Å². The van der Waals surface area contributed by atoms with Gasteiger partial charge in [0, 0.05) is 18.7 Å². The molecule has 1 unspecified atom stereocenters. The first-order chi connectivity index (χ1) is 16.8. The molecule has 1 aliphatic rings. The second kappa shape index (κ2) is 10.4. The molecule has 0 saturated carbocycles. The predicted octanol–water partition coefficient (Wildman–Crippen LogP) is 2.38. The van der Waals surface area contributed by atoms with Crippen molar-refractivity contribution in [2.45, 2.75) is 18.5 Å². The van der Waals surface area contributed by atoms with Gasteiger partial charge in [-0.05, 0) is 36.3 Å². The van der Waals surface area contributed by atoms with Crippen LogP contribution in [0.1, 0.15) is 17.0 Å². The second-order valence-corrected chi connectivity index (χ2v) is 8.59. The average Bonchev–Trinajstić information content (AvgIpc) is 3.38. The molecule has 0 radical (unpaired) electrons. The van der Waals surface area contributed by atoms with Crippen molar-refractivity contribution < 1.29 is 24.2 Å². The minimum atomic E-state index is -1.05. The number of ether oxygens (including phenoxy) is 1. The molecule has 1 heterocycles. The number of aromatic nitrogens is 2. The van der Waals surface area contributed by atoms with Gasteiger partial charge in [-0.25, -0.2) is 4.79 Å². The Balaban J connectivity index is 1.40. The van der Waals surface area contributed by atoms with Gasteiger partial charge >= 0.3 is 12.1 Å². The van der Waals surface area contributed by atoms with Gasteiger partial charge in [-0.1, -0.05) is 48.5 Å². The molecule has 0 aliphatic heterocycles. The van der Waals surface area contributed by atoms with Crippen LogP contribution >= 0.6 is 0 Å². The molecular formula is C25H27N5O5. The fourth-order valence-corrected chi connectivity index (χ4v) is 4.22. The Labute approximate surface area is 202 Å². The molecule has 0 spiro atoms. The Kier molecular flexibility index (Phi) is 7.11. The van der Waals surface area contributed by atoms with E-state index in [9.17, 15) is 14.4 Å². The molecular weight excluding hydrogens is 450 g/mol. The van der Waals surface area contributed by atoms with Gasteiger partial charge in [0.15, 0.2) is 0 Å². The van der Waals surface area contributed by atoms with Gasteiger partial charge in [-0.15, -0.1) is 0 Å². The Morgan fingerprint density at radius 3 is 2.31 bits per heavy atom. The summed E-state index contributed by atoms with van der Waals surface area (Å²) in [6.45, 7) is 0.0480. The van der Waals surface area contributed by atoms with Crippen LogP contribution < -0.4 is 10.6 Å². The minimum Gasteiger partial charge on any atom is -0.480 e. The van der Waals surface area contributed by atoms with Crippen molar-refractivity contribution >= 4 is 23.7 Å². The zero-order valence-corrected chi connectivity index (χ0v) is 19.5. The lowest BCUT2D eigenvalue weighted by atomic mass is 9.98. The molecule has 3 N–H and O–H groups in total. The minimum absolute atomic E-state index is 0.0886. The standard InChI is InChI=1S/C25H27N5O5/c1-29(2)13-22(24(33)27-16-11-26-30(12-16)14-23(31)32)28-25(34)35-15-21-19-9-5-3-7-17(19)18-8-4-6-10-20(18)21/h3-12,21-22H,13-15H2,1-2H3,(H,27,33)(H,28,34)(H,31,32). The molecule has 0 fully saturated rings. The quantitative estimate of drug-likeness (QED) is 0.432. The summed E-state index contributed by atoms with van der Waals surface area (Å²) in [6.07, 6.45) is 2.06. The van der Waals surface area contributed by atoms with Crippen LogP contribution in [0.2, 0.25) is 0 Å². The lowest BCUT2D eigenvalue weighted by Crippen LogP contribution is -2.49. The van der Waals surface area contributed by atoms with Crippen molar-refractivity contribution in [1.82, 2.24) is 20.0 Å². The van der Waals surface area contributed by atoms with E-state index >= 15 is 0 Å². The van der Waals surface area contributed by atoms with E-state index in [2.05, 4.69) is 27.9 Å². The predicted molar refractivity (Wildman–Crippen MR) is 129 cm³/mol. The number of hydrogen-bond acceptors (Lipinski definition) is 6. The van der Waals surface area contributed by atoms with Gasteiger partial charge in [-0.2, -0.15) is 5.10 Å². The Hall–Kier alpha value is -4.18. The van der Waals surface area contributed by atoms with E-state index in [-0.39, 0.29) is 25.6 Å². The van der Waals surface area contributed by atoms with Crippen molar-refractivity contribution in [3.63, 3.8) is 0 Å². The number of carbonyl (C=O) groups excluding carboxylic acids is 2. The van der Waals surface area contributed by atoms with Crippen LogP contribution in [0.4, 0.5) is 10.5 Å². The van der Waals surface area contributed by atoms with Crippen molar-refractivity contribution in [2.24, 2.45) is 0 Å². The first-order valence-electron chi connectivity index (χ1n) is 11.1. The van der Waals surface area contributed by atoms with Crippen molar-refractivity contribution in [3.05, 3.63) is 72.1 Å². The Morgan fingerprint density at radius 2 is 1.71 bits per heavy atom. The lowest BCUT2D eigenvalue weighted by Gasteiger charge is -2.22. The summed E-state index contributed by atoms with van der Waals surface area (Å²) in [7, 11) is 3.56. The number of carbonyl (C=O) groups is 3. The van der Waals surface area contributed by atoms with E-state index in [0.29, 0.717) is 5.69 Å². The molecule has 3 aromatic rings. The zero-order chi connectivity index (χ0) is 24.9. The number of aliphatic carboxylic acids is 1. The molecule has 10 heteroatoms. The maximum absolute atomic E-state index is 12.8. The number of carboxylic acid groups (broad SMARTS) is 1. The third-order valence-electron chi connectivity index (χ3n) is 5.70. The van der Waals surface area contributed by atoms with Crippen LogP contribution in [0.3, 0.4) is 0 Å². The Bertz CT molecular complexity index is 1190. The van der Waals surface area contributed by atoms with E-state index in [0.717, 1.165) is 22.3 Å². The number of anilines is 1. The number of nitrogens with zero attached hydrogens (tertiary/aromatic N) is 3. The topological polar surface area (TPSA) is 126 Å². The number of amides is 2. The van der Waals surface area contributed by atoms with Crippen LogP contribution in [0.25, 0.3) is 11.1 Å². The van der Waals surface area contributed by atoms with Crippen molar-refractivity contribution in [1.29, 1.82) is 0 Å². The highest BCUT2D eigenvalue weighted by Gasteiger charge is 2.30. The molecule has 1 aliphatic carbocycles. The van der Waals surface area contributed by atoms with E-state index in [4.69, 9.17) is 9.84 Å². The summed E-state index contributed by atoms with van der Waals surface area (Å²) in [5, 5.41) is 18.1. The smallest absolute Gasteiger partial charge is 0.407 e. The number of nitrogens with one attached hydrogen (secondary N) is 2. The zero-order valence-electron chi connectivity index (χ0n) is 19.5. The van der Waals surface area contributed by atoms with Gasteiger partial charge in [0.2, 0.25) is 5.91 Å². The van der Waals surface area contributed by atoms with E-state index in [1.165, 1.54) is 17.1 Å². The lowest BCUT2D eigenvalue weighted by molar-refractivity contribution is -0.137. The van der Waals surface area contributed by atoms with E-state index < -0.39 is 24.0 Å².